The molecule has 0 spiro atoms. The Morgan fingerprint density at radius 1 is 1.31 bits per heavy atom. The first kappa shape index (κ1) is 12.0. The van der Waals surface area contributed by atoms with Gasteiger partial charge < -0.3 is 14.6 Å². The van der Waals surface area contributed by atoms with E-state index in [1.807, 2.05) is 0 Å². The molecule has 3 heteroatoms. The van der Waals surface area contributed by atoms with Crippen molar-refractivity contribution >= 4 is 0 Å². The summed E-state index contributed by atoms with van der Waals surface area (Å²) < 4.78 is 10.1. The van der Waals surface area contributed by atoms with E-state index in [9.17, 15) is 0 Å². The fourth-order valence-electron chi connectivity index (χ4n) is 0.824. The van der Waals surface area contributed by atoms with Crippen LogP contribution < -0.4 is 0 Å². The highest BCUT2D eigenvalue weighted by Gasteiger charge is 1.94. The molecule has 0 unspecified atom stereocenters. The van der Waals surface area contributed by atoms with E-state index in [1.54, 1.807) is 0 Å². The van der Waals surface area contributed by atoms with Gasteiger partial charge in [0.1, 0.15) is 13.2 Å². The lowest BCUT2D eigenvalue weighted by atomic mass is 10.2. The van der Waals surface area contributed by atoms with Crippen LogP contribution in [0.3, 0.4) is 0 Å². The summed E-state index contributed by atoms with van der Waals surface area (Å²) in [5.74, 6) is 0.751. The number of aliphatic hydroxyl groups excluding tert-OH is 1. The Morgan fingerprint density at radius 2 is 2.08 bits per heavy atom. The Hall–Kier alpha value is -0.960. The van der Waals surface area contributed by atoms with Crippen LogP contribution in [-0.4, -0.2) is 24.9 Å². The predicted octanol–water partition coefficient (Wildman–Crippen LogP) is 1.84. The van der Waals surface area contributed by atoms with Gasteiger partial charge in [0.2, 0.25) is 0 Å². The highest BCUT2D eigenvalue weighted by atomic mass is 16.5. The number of rotatable bonds is 9. The molecule has 0 aliphatic heterocycles. The van der Waals surface area contributed by atoms with Crippen LogP contribution in [0, 0.1) is 0 Å². The van der Waals surface area contributed by atoms with Crippen LogP contribution in [0.15, 0.2) is 25.2 Å². The van der Waals surface area contributed by atoms with Gasteiger partial charge in [-0.2, -0.15) is 0 Å². The van der Waals surface area contributed by atoms with E-state index in [4.69, 9.17) is 14.6 Å². The summed E-state index contributed by atoms with van der Waals surface area (Å²) in [7, 11) is 0. The van der Waals surface area contributed by atoms with Gasteiger partial charge in [0, 0.05) is 13.0 Å². The standard InChI is InChI=1S/C10H18O3/c1-3-12-8-9-13-10(2)6-4-5-7-11/h3,11H,1-2,4-9H2. The molecule has 0 aliphatic rings. The van der Waals surface area contributed by atoms with E-state index in [0.717, 1.165) is 25.0 Å². The molecule has 0 amide bonds. The van der Waals surface area contributed by atoms with Crippen molar-refractivity contribution in [3.63, 3.8) is 0 Å². The van der Waals surface area contributed by atoms with E-state index in [-0.39, 0.29) is 6.61 Å². The summed E-state index contributed by atoms with van der Waals surface area (Å²) in [6, 6.07) is 0. The number of hydrogen-bond acceptors (Lipinski definition) is 3. The van der Waals surface area contributed by atoms with Crippen molar-refractivity contribution in [1.82, 2.24) is 0 Å². The van der Waals surface area contributed by atoms with Gasteiger partial charge in [-0.3, -0.25) is 0 Å². The lowest BCUT2D eigenvalue weighted by molar-refractivity contribution is 0.127. The Labute approximate surface area is 79.7 Å². The lowest BCUT2D eigenvalue weighted by Gasteiger charge is -2.07. The largest absolute Gasteiger partial charge is 0.498 e. The minimum absolute atomic E-state index is 0.229. The molecule has 0 rings (SSSR count). The molecule has 1 N–H and O–H groups in total. The minimum atomic E-state index is 0.229. The summed E-state index contributed by atoms with van der Waals surface area (Å²) in [6.07, 6.45) is 3.90. The highest BCUT2D eigenvalue weighted by molar-refractivity contribution is 4.81. The summed E-state index contributed by atoms with van der Waals surface area (Å²) in [6.45, 7) is 8.38. The van der Waals surface area contributed by atoms with Gasteiger partial charge >= 0.3 is 0 Å². The van der Waals surface area contributed by atoms with Crippen LogP contribution in [-0.2, 0) is 9.47 Å². The maximum Gasteiger partial charge on any atom is 0.122 e. The van der Waals surface area contributed by atoms with Crippen molar-refractivity contribution in [1.29, 1.82) is 0 Å². The number of ether oxygens (including phenoxy) is 2. The average Bonchev–Trinajstić information content (AvgIpc) is 2.13. The van der Waals surface area contributed by atoms with Crippen molar-refractivity contribution < 1.29 is 14.6 Å². The van der Waals surface area contributed by atoms with Crippen LogP contribution in [0.4, 0.5) is 0 Å². The monoisotopic (exact) mass is 186 g/mol. The Kier molecular flexibility index (Phi) is 8.46. The first-order valence-electron chi connectivity index (χ1n) is 4.45. The molecule has 0 aliphatic carbocycles. The second-order valence-corrected chi connectivity index (χ2v) is 2.61. The molecule has 0 saturated carbocycles. The number of aliphatic hydroxyl groups is 1. The van der Waals surface area contributed by atoms with Crippen LogP contribution >= 0.6 is 0 Å². The first-order chi connectivity index (χ1) is 6.31. The number of hydrogen-bond donors (Lipinski definition) is 1. The maximum absolute atomic E-state index is 8.52. The van der Waals surface area contributed by atoms with Crippen LogP contribution in [0.25, 0.3) is 0 Å². The Bertz CT molecular complexity index is 143. The van der Waals surface area contributed by atoms with Crippen molar-refractivity contribution in [3.8, 4) is 0 Å². The van der Waals surface area contributed by atoms with E-state index in [0.29, 0.717) is 13.2 Å². The van der Waals surface area contributed by atoms with E-state index in [2.05, 4.69) is 13.2 Å². The fourth-order valence-corrected chi connectivity index (χ4v) is 0.824. The summed E-state index contributed by atoms with van der Waals surface area (Å²) in [5, 5.41) is 8.52. The molecule has 13 heavy (non-hydrogen) atoms. The van der Waals surface area contributed by atoms with Gasteiger partial charge in [-0.15, -0.1) is 0 Å². The number of unbranched alkanes of at least 4 members (excludes halogenated alkanes) is 1. The molecule has 0 heterocycles. The molecule has 0 aromatic rings. The zero-order chi connectivity index (χ0) is 9.94. The Morgan fingerprint density at radius 3 is 2.69 bits per heavy atom. The zero-order valence-corrected chi connectivity index (χ0v) is 8.00. The summed E-state index contributed by atoms with van der Waals surface area (Å²) in [4.78, 5) is 0. The van der Waals surface area contributed by atoms with Gasteiger partial charge in [-0.1, -0.05) is 13.2 Å². The van der Waals surface area contributed by atoms with Gasteiger partial charge in [0.05, 0.1) is 12.0 Å². The number of allylic oxidation sites excluding steroid dienone is 1. The van der Waals surface area contributed by atoms with Crippen LogP contribution in [0.1, 0.15) is 19.3 Å². The predicted molar refractivity (Wildman–Crippen MR) is 52.2 cm³/mol. The topological polar surface area (TPSA) is 38.7 Å². The molecule has 3 nitrogen and oxygen atoms in total. The normalized spacial score (nSPS) is 9.31. The summed E-state index contributed by atoms with van der Waals surface area (Å²) in [5.41, 5.74) is 0. The van der Waals surface area contributed by atoms with Crippen LogP contribution in [0.2, 0.25) is 0 Å². The van der Waals surface area contributed by atoms with E-state index < -0.39 is 0 Å². The third-order valence-corrected chi connectivity index (χ3v) is 1.49. The molecule has 0 atom stereocenters. The van der Waals surface area contributed by atoms with Crippen molar-refractivity contribution in [3.05, 3.63) is 25.2 Å². The maximum atomic E-state index is 8.52. The SMILES string of the molecule is C=COCCOC(=C)CCCCO. The molecule has 0 radical (unpaired) electrons. The summed E-state index contributed by atoms with van der Waals surface area (Å²) >= 11 is 0. The zero-order valence-electron chi connectivity index (χ0n) is 8.00. The van der Waals surface area contributed by atoms with Gasteiger partial charge in [-0.05, 0) is 12.8 Å². The fraction of sp³-hybridized carbons (Fsp3) is 0.600. The van der Waals surface area contributed by atoms with Gasteiger partial charge in [0.25, 0.3) is 0 Å². The highest BCUT2D eigenvalue weighted by Crippen LogP contribution is 2.05. The smallest absolute Gasteiger partial charge is 0.122 e. The third kappa shape index (κ3) is 8.95. The molecule has 0 bridgehead atoms. The molecule has 0 fully saturated rings. The van der Waals surface area contributed by atoms with Crippen molar-refractivity contribution in [2.45, 2.75) is 19.3 Å². The molecule has 0 aromatic carbocycles. The van der Waals surface area contributed by atoms with E-state index >= 15 is 0 Å². The molecular formula is C10H18O3. The van der Waals surface area contributed by atoms with Gasteiger partial charge in [0.15, 0.2) is 0 Å². The average molecular weight is 186 g/mol. The van der Waals surface area contributed by atoms with Crippen molar-refractivity contribution in [2.24, 2.45) is 0 Å². The minimum Gasteiger partial charge on any atom is -0.498 e. The molecule has 0 saturated heterocycles. The third-order valence-electron chi connectivity index (χ3n) is 1.49. The lowest BCUT2D eigenvalue weighted by Crippen LogP contribution is -2.00. The van der Waals surface area contributed by atoms with E-state index in [1.165, 1.54) is 6.26 Å². The van der Waals surface area contributed by atoms with Gasteiger partial charge in [-0.25, -0.2) is 0 Å². The quantitative estimate of drug-likeness (QED) is 0.441. The molecule has 0 aromatic heterocycles. The second-order valence-electron chi connectivity index (χ2n) is 2.61. The molecular weight excluding hydrogens is 168 g/mol. The van der Waals surface area contributed by atoms with Crippen molar-refractivity contribution in [2.75, 3.05) is 19.8 Å². The Balaban J connectivity index is 3.15. The molecule has 76 valence electrons. The second kappa shape index (κ2) is 9.13. The van der Waals surface area contributed by atoms with Crippen LogP contribution in [0.5, 0.6) is 0 Å². The first-order valence-corrected chi connectivity index (χ1v) is 4.45.